The summed E-state index contributed by atoms with van der Waals surface area (Å²) in [7, 11) is 0. The van der Waals surface area contributed by atoms with Gasteiger partial charge in [-0.3, -0.25) is 9.78 Å². The highest BCUT2D eigenvalue weighted by Gasteiger charge is 2.22. The molecule has 6 heteroatoms. The number of aryl methyl sites for hydroxylation is 2. The van der Waals surface area contributed by atoms with Gasteiger partial charge in [0.05, 0.1) is 6.04 Å². The van der Waals surface area contributed by atoms with Crippen LogP contribution >= 0.6 is 11.3 Å². The highest BCUT2D eigenvalue weighted by molar-refractivity contribution is 7.16. The number of amides is 1. The van der Waals surface area contributed by atoms with Crippen molar-refractivity contribution in [2.45, 2.75) is 19.9 Å². The first-order valence-corrected chi connectivity index (χ1v) is 10.5. The maximum absolute atomic E-state index is 12.8. The first kappa shape index (κ1) is 19.8. The second-order valence-electron chi connectivity index (χ2n) is 6.99. The van der Waals surface area contributed by atoms with E-state index in [1.165, 1.54) is 0 Å². The Labute approximate surface area is 179 Å². The summed E-state index contributed by atoms with van der Waals surface area (Å²) in [4.78, 5) is 22.8. The summed E-state index contributed by atoms with van der Waals surface area (Å²) in [5.41, 5.74) is 3.54. The fourth-order valence-electron chi connectivity index (χ4n) is 3.27. The summed E-state index contributed by atoms with van der Waals surface area (Å²) in [5, 5.41) is 7.43. The number of pyridine rings is 2. The Bertz CT molecular complexity index is 1140. The minimum Gasteiger partial charge on any atom is -0.359 e. The summed E-state index contributed by atoms with van der Waals surface area (Å²) >= 11 is 1.56. The lowest BCUT2D eigenvalue weighted by molar-refractivity contribution is 0.102. The van der Waals surface area contributed by atoms with Crippen molar-refractivity contribution in [3.8, 4) is 0 Å². The summed E-state index contributed by atoms with van der Waals surface area (Å²) in [6, 6.07) is 20.9. The van der Waals surface area contributed by atoms with Gasteiger partial charge in [-0.2, -0.15) is 0 Å². The molecule has 0 unspecified atom stereocenters. The normalized spacial score (nSPS) is 11.7. The van der Waals surface area contributed by atoms with Crippen molar-refractivity contribution in [1.82, 2.24) is 9.97 Å². The van der Waals surface area contributed by atoms with Gasteiger partial charge in [-0.05, 0) is 55.8 Å². The lowest BCUT2D eigenvalue weighted by atomic mass is 10.0. The number of benzene rings is 1. The van der Waals surface area contributed by atoms with E-state index in [0.29, 0.717) is 5.56 Å². The van der Waals surface area contributed by atoms with Crippen molar-refractivity contribution < 1.29 is 4.79 Å². The Morgan fingerprint density at radius 3 is 2.57 bits per heavy atom. The number of anilines is 2. The van der Waals surface area contributed by atoms with Crippen LogP contribution in [0.2, 0.25) is 0 Å². The number of hydrogen-bond donors (Lipinski definition) is 2. The van der Waals surface area contributed by atoms with Gasteiger partial charge in [0.2, 0.25) is 0 Å². The molecule has 0 radical (unpaired) electrons. The molecule has 1 amide bonds. The van der Waals surface area contributed by atoms with Crippen molar-refractivity contribution in [3.63, 3.8) is 0 Å². The fourth-order valence-corrected chi connectivity index (χ4v) is 4.22. The van der Waals surface area contributed by atoms with Crippen molar-refractivity contribution in [3.05, 3.63) is 106 Å². The molecule has 1 atom stereocenters. The molecule has 0 fully saturated rings. The average molecular weight is 415 g/mol. The van der Waals surface area contributed by atoms with E-state index in [1.54, 1.807) is 17.5 Å². The number of carbonyl (C=O) groups excluding carboxylic acids is 1. The van der Waals surface area contributed by atoms with Crippen LogP contribution in [0.1, 0.15) is 38.1 Å². The zero-order valence-electron chi connectivity index (χ0n) is 16.8. The van der Waals surface area contributed by atoms with E-state index in [2.05, 4.69) is 26.7 Å². The Kier molecular flexibility index (Phi) is 5.86. The van der Waals surface area contributed by atoms with E-state index >= 15 is 0 Å². The molecule has 1 aromatic carbocycles. The van der Waals surface area contributed by atoms with Crippen molar-refractivity contribution in [2.24, 2.45) is 0 Å². The van der Waals surface area contributed by atoms with Gasteiger partial charge in [0, 0.05) is 34.1 Å². The fraction of sp³-hybridized carbons (Fsp3) is 0.125. The number of thiophene rings is 1. The summed E-state index contributed by atoms with van der Waals surface area (Å²) < 4.78 is 0. The lowest BCUT2D eigenvalue weighted by Gasteiger charge is -2.21. The number of rotatable bonds is 6. The maximum Gasteiger partial charge on any atom is 0.256 e. The molecule has 4 rings (SSSR count). The summed E-state index contributed by atoms with van der Waals surface area (Å²) in [6.45, 7) is 4.00. The Morgan fingerprint density at radius 1 is 1.00 bits per heavy atom. The Hall–Kier alpha value is -3.51. The zero-order valence-corrected chi connectivity index (χ0v) is 17.6. The number of nitrogens with one attached hydrogen (secondary N) is 2. The van der Waals surface area contributed by atoms with Crippen molar-refractivity contribution >= 4 is 28.1 Å². The summed E-state index contributed by atoms with van der Waals surface area (Å²) in [6.07, 6.45) is 3.59. The van der Waals surface area contributed by atoms with E-state index in [1.807, 2.05) is 80.7 Å². The third-order valence-electron chi connectivity index (χ3n) is 4.66. The van der Waals surface area contributed by atoms with Crippen LogP contribution in [-0.2, 0) is 0 Å². The third-order valence-corrected chi connectivity index (χ3v) is 5.64. The molecule has 0 aliphatic heterocycles. The quantitative estimate of drug-likeness (QED) is 0.430. The molecule has 0 saturated carbocycles. The third kappa shape index (κ3) is 4.55. The van der Waals surface area contributed by atoms with E-state index in [0.717, 1.165) is 32.5 Å². The van der Waals surface area contributed by atoms with Crippen molar-refractivity contribution in [2.75, 3.05) is 10.6 Å². The minimum absolute atomic E-state index is 0.127. The van der Waals surface area contributed by atoms with Gasteiger partial charge in [0.25, 0.3) is 5.91 Å². The smallest absolute Gasteiger partial charge is 0.256 e. The predicted molar refractivity (Wildman–Crippen MR) is 122 cm³/mol. The van der Waals surface area contributed by atoms with Gasteiger partial charge in [-0.15, -0.1) is 11.3 Å². The van der Waals surface area contributed by atoms with Gasteiger partial charge >= 0.3 is 0 Å². The van der Waals surface area contributed by atoms with E-state index in [4.69, 9.17) is 0 Å². The van der Waals surface area contributed by atoms with E-state index in [-0.39, 0.29) is 11.9 Å². The van der Waals surface area contributed by atoms with Gasteiger partial charge in [-0.1, -0.05) is 30.3 Å². The molecule has 0 aliphatic carbocycles. The standard InChI is InChI=1S/C24H22N4OS/c1-16-8-6-12-21(26-16)27-22(19-11-7-13-25-15-19)20-14-17(2)30-24(20)28-23(29)18-9-4-3-5-10-18/h3-15,22H,1-2H3,(H,26,27)(H,28,29)/t22-/m0/s1. The Balaban J connectivity index is 1.71. The minimum atomic E-state index is -0.205. The van der Waals surface area contributed by atoms with Crippen molar-refractivity contribution in [1.29, 1.82) is 0 Å². The molecule has 0 saturated heterocycles. The highest BCUT2D eigenvalue weighted by Crippen LogP contribution is 2.37. The number of nitrogens with zero attached hydrogens (tertiary/aromatic N) is 2. The van der Waals surface area contributed by atoms with Crippen LogP contribution in [-0.4, -0.2) is 15.9 Å². The second-order valence-corrected chi connectivity index (χ2v) is 8.25. The molecule has 0 spiro atoms. The molecule has 0 aliphatic rings. The average Bonchev–Trinajstić information content (AvgIpc) is 3.13. The van der Waals surface area contributed by atoms with Crippen LogP contribution in [0.25, 0.3) is 0 Å². The molecule has 5 nitrogen and oxygen atoms in total. The topological polar surface area (TPSA) is 66.9 Å². The second kappa shape index (κ2) is 8.88. The molecule has 3 aromatic heterocycles. The predicted octanol–water partition coefficient (Wildman–Crippen LogP) is 5.61. The van der Waals surface area contributed by atoms with E-state index < -0.39 is 0 Å². The zero-order chi connectivity index (χ0) is 20.9. The summed E-state index contributed by atoms with van der Waals surface area (Å²) in [5.74, 6) is 0.644. The van der Waals surface area contributed by atoms with Gasteiger partial charge in [0.15, 0.2) is 0 Å². The molecule has 2 N–H and O–H groups in total. The maximum atomic E-state index is 12.8. The van der Waals surface area contributed by atoms with Gasteiger partial charge in [-0.25, -0.2) is 4.98 Å². The van der Waals surface area contributed by atoms with Crippen LogP contribution < -0.4 is 10.6 Å². The van der Waals surface area contributed by atoms with E-state index in [9.17, 15) is 4.79 Å². The molecule has 150 valence electrons. The molecular weight excluding hydrogens is 392 g/mol. The molecular formula is C24H22N4OS. The first-order chi connectivity index (χ1) is 14.6. The number of carbonyl (C=O) groups is 1. The number of aromatic nitrogens is 2. The van der Waals surface area contributed by atoms with Crippen LogP contribution in [0.5, 0.6) is 0 Å². The Morgan fingerprint density at radius 2 is 1.83 bits per heavy atom. The highest BCUT2D eigenvalue weighted by atomic mass is 32.1. The monoisotopic (exact) mass is 414 g/mol. The first-order valence-electron chi connectivity index (χ1n) is 9.67. The van der Waals surface area contributed by atoms with Crippen LogP contribution in [0, 0.1) is 13.8 Å². The molecule has 4 aromatic rings. The van der Waals surface area contributed by atoms with Gasteiger partial charge in [0.1, 0.15) is 10.8 Å². The molecule has 0 bridgehead atoms. The largest absolute Gasteiger partial charge is 0.359 e. The molecule has 3 heterocycles. The molecule has 30 heavy (non-hydrogen) atoms. The van der Waals surface area contributed by atoms with Gasteiger partial charge < -0.3 is 10.6 Å². The number of hydrogen-bond acceptors (Lipinski definition) is 5. The van der Waals surface area contributed by atoms with Crippen LogP contribution in [0.15, 0.2) is 79.1 Å². The SMILES string of the molecule is Cc1cccc(N[C@@H](c2cccnc2)c2cc(C)sc2NC(=O)c2ccccc2)n1. The lowest BCUT2D eigenvalue weighted by Crippen LogP contribution is -2.17. The van der Waals surface area contributed by atoms with Crippen LogP contribution in [0.3, 0.4) is 0 Å². The van der Waals surface area contributed by atoms with Crippen LogP contribution in [0.4, 0.5) is 10.8 Å².